The maximum atomic E-state index is 13.6. The van der Waals surface area contributed by atoms with Crippen LogP contribution in [0.15, 0.2) is 36.4 Å². The summed E-state index contributed by atoms with van der Waals surface area (Å²) in [6.45, 7) is -1.95. The van der Waals surface area contributed by atoms with Crippen LogP contribution in [0.1, 0.15) is 17.3 Å². The van der Waals surface area contributed by atoms with Gasteiger partial charge in [-0.05, 0) is 30.3 Å². The first kappa shape index (κ1) is 19.1. The van der Waals surface area contributed by atoms with E-state index in [1.165, 1.54) is 44.4 Å². The van der Waals surface area contributed by atoms with Crippen LogP contribution in [-0.2, 0) is 4.79 Å². The summed E-state index contributed by atoms with van der Waals surface area (Å²) in [4.78, 5) is 23.5. The number of benzene rings is 2. The predicted molar refractivity (Wildman–Crippen MR) is 88.3 cm³/mol. The molecule has 2 N–H and O–H groups in total. The van der Waals surface area contributed by atoms with Crippen molar-refractivity contribution in [2.24, 2.45) is 0 Å². The smallest absolute Gasteiger partial charge is 0.387 e. The van der Waals surface area contributed by atoms with Gasteiger partial charge in [-0.15, -0.1) is 0 Å². The van der Waals surface area contributed by atoms with E-state index < -0.39 is 30.0 Å². The number of anilines is 2. The molecule has 0 saturated heterocycles. The molecule has 9 heteroatoms. The van der Waals surface area contributed by atoms with Crippen LogP contribution in [0.3, 0.4) is 0 Å². The molecule has 6 nitrogen and oxygen atoms in total. The van der Waals surface area contributed by atoms with Crippen LogP contribution >= 0.6 is 0 Å². The van der Waals surface area contributed by atoms with Crippen LogP contribution in [0, 0.1) is 5.82 Å². The van der Waals surface area contributed by atoms with Crippen LogP contribution in [0.2, 0.25) is 0 Å². The van der Waals surface area contributed by atoms with Gasteiger partial charge in [0.05, 0.1) is 18.4 Å². The van der Waals surface area contributed by atoms with Crippen molar-refractivity contribution in [3.05, 3.63) is 47.8 Å². The fourth-order valence-electron chi connectivity index (χ4n) is 2.15. The largest absolute Gasteiger partial charge is 0.493 e. The molecular weight excluding hydrogens is 353 g/mol. The molecule has 2 rings (SSSR count). The van der Waals surface area contributed by atoms with Crippen LogP contribution in [0.5, 0.6) is 11.5 Å². The van der Waals surface area contributed by atoms with Crippen LogP contribution < -0.4 is 20.1 Å². The number of carbonyl (C=O) groups excluding carboxylic acids is 2. The van der Waals surface area contributed by atoms with E-state index in [4.69, 9.17) is 4.74 Å². The molecule has 0 aliphatic carbocycles. The number of para-hydroxylation sites is 1. The zero-order chi connectivity index (χ0) is 19.3. The van der Waals surface area contributed by atoms with Crippen molar-refractivity contribution in [2.75, 3.05) is 17.7 Å². The van der Waals surface area contributed by atoms with Crippen molar-refractivity contribution in [3.63, 3.8) is 0 Å². The first-order valence-electron chi connectivity index (χ1n) is 7.32. The van der Waals surface area contributed by atoms with E-state index in [0.29, 0.717) is 0 Å². The van der Waals surface area contributed by atoms with Gasteiger partial charge in [-0.1, -0.05) is 6.07 Å². The Hall–Kier alpha value is -3.23. The van der Waals surface area contributed by atoms with E-state index in [2.05, 4.69) is 15.4 Å². The molecule has 2 amide bonds. The third-order valence-electron chi connectivity index (χ3n) is 3.19. The average Bonchev–Trinajstić information content (AvgIpc) is 2.57. The second-order valence-electron chi connectivity index (χ2n) is 5.05. The van der Waals surface area contributed by atoms with Gasteiger partial charge in [-0.2, -0.15) is 8.78 Å². The van der Waals surface area contributed by atoms with Crippen LogP contribution in [-0.4, -0.2) is 25.5 Å². The number of ether oxygens (including phenoxy) is 2. The lowest BCUT2D eigenvalue weighted by Gasteiger charge is -2.14. The lowest BCUT2D eigenvalue weighted by atomic mass is 10.1. The van der Waals surface area contributed by atoms with E-state index in [0.717, 1.165) is 6.07 Å². The molecule has 0 heterocycles. The minimum absolute atomic E-state index is 0.0454. The summed E-state index contributed by atoms with van der Waals surface area (Å²) >= 11 is 0. The van der Waals surface area contributed by atoms with Gasteiger partial charge in [0.25, 0.3) is 5.91 Å². The second kappa shape index (κ2) is 8.24. The minimum Gasteiger partial charge on any atom is -0.493 e. The van der Waals surface area contributed by atoms with E-state index in [1.807, 2.05) is 0 Å². The first-order valence-corrected chi connectivity index (χ1v) is 7.32. The number of rotatable bonds is 6. The molecule has 0 aromatic heterocycles. The minimum atomic E-state index is -3.16. The van der Waals surface area contributed by atoms with Crippen molar-refractivity contribution in [3.8, 4) is 11.5 Å². The number of hydrogen-bond acceptors (Lipinski definition) is 4. The lowest BCUT2D eigenvalue weighted by molar-refractivity contribution is -0.114. The molecule has 0 aliphatic rings. The molecule has 26 heavy (non-hydrogen) atoms. The summed E-state index contributed by atoms with van der Waals surface area (Å²) in [5.41, 5.74) is -0.189. The number of methoxy groups -OCH3 is 1. The van der Waals surface area contributed by atoms with Gasteiger partial charge in [0, 0.05) is 12.6 Å². The van der Waals surface area contributed by atoms with E-state index >= 15 is 0 Å². The quantitative estimate of drug-likeness (QED) is 0.816. The summed E-state index contributed by atoms with van der Waals surface area (Å²) in [6, 6.07) is 7.56. The Labute approximate surface area is 146 Å². The van der Waals surface area contributed by atoms with Crippen molar-refractivity contribution in [2.45, 2.75) is 13.5 Å². The highest BCUT2D eigenvalue weighted by Gasteiger charge is 2.20. The maximum absolute atomic E-state index is 13.6. The first-order chi connectivity index (χ1) is 12.3. The summed E-state index contributed by atoms with van der Waals surface area (Å²) in [5.74, 6) is -2.43. The van der Waals surface area contributed by atoms with Gasteiger partial charge >= 0.3 is 6.61 Å². The molecule has 0 radical (unpaired) electrons. The van der Waals surface area contributed by atoms with Gasteiger partial charge in [-0.25, -0.2) is 4.39 Å². The summed E-state index contributed by atoms with van der Waals surface area (Å²) < 4.78 is 48.2. The molecule has 0 spiro atoms. The number of carbonyl (C=O) groups is 2. The third-order valence-corrected chi connectivity index (χ3v) is 3.19. The van der Waals surface area contributed by atoms with Gasteiger partial charge in [0.15, 0.2) is 11.5 Å². The summed E-state index contributed by atoms with van der Waals surface area (Å²) in [6.07, 6.45) is 0. The van der Waals surface area contributed by atoms with Crippen molar-refractivity contribution >= 4 is 23.2 Å². The van der Waals surface area contributed by atoms with Crippen molar-refractivity contribution in [1.29, 1.82) is 0 Å². The predicted octanol–water partition coefficient (Wildman–Crippen LogP) is 3.65. The van der Waals surface area contributed by atoms with Gasteiger partial charge in [0.2, 0.25) is 5.91 Å². The maximum Gasteiger partial charge on any atom is 0.387 e. The molecule has 0 saturated carbocycles. The zero-order valence-corrected chi connectivity index (χ0v) is 13.8. The molecule has 0 bridgehead atoms. The summed E-state index contributed by atoms with van der Waals surface area (Å²) in [7, 11) is 1.25. The van der Waals surface area contributed by atoms with E-state index in [9.17, 15) is 22.8 Å². The van der Waals surface area contributed by atoms with Crippen LogP contribution in [0.25, 0.3) is 0 Å². The van der Waals surface area contributed by atoms with Gasteiger partial charge in [-0.3, -0.25) is 9.59 Å². The van der Waals surface area contributed by atoms with E-state index in [1.54, 1.807) is 0 Å². The Morgan fingerprint density at radius 2 is 1.85 bits per heavy atom. The number of nitrogens with one attached hydrogen (secondary N) is 2. The number of halogens is 3. The highest BCUT2D eigenvalue weighted by Crippen LogP contribution is 2.33. The molecule has 0 atom stereocenters. The van der Waals surface area contributed by atoms with Gasteiger partial charge < -0.3 is 20.1 Å². The van der Waals surface area contributed by atoms with Crippen molar-refractivity contribution < 1.29 is 32.2 Å². The normalized spacial score (nSPS) is 10.4. The average molecular weight is 368 g/mol. The number of hydrogen-bond donors (Lipinski definition) is 2. The standard InChI is InChI=1S/C17H15F3N2O4/c1-9(23)21-13-8-10(6-7-12(13)18)22-16(24)11-4-3-5-14(25-2)15(11)26-17(19)20/h3-8,17H,1-2H3,(H,21,23)(H,22,24). The topological polar surface area (TPSA) is 76.7 Å². The molecule has 138 valence electrons. The fraction of sp³-hybridized carbons (Fsp3) is 0.176. The Bertz CT molecular complexity index is 828. The molecule has 0 fully saturated rings. The molecule has 2 aromatic rings. The van der Waals surface area contributed by atoms with Gasteiger partial charge in [0.1, 0.15) is 5.82 Å². The Morgan fingerprint density at radius 3 is 2.46 bits per heavy atom. The Balaban J connectivity index is 2.32. The highest BCUT2D eigenvalue weighted by molar-refractivity contribution is 6.07. The monoisotopic (exact) mass is 368 g/mol. The molecular formula is C17H15F3N2O4. The summed E-state index contributed by atoms with van der Waals surface area (Å²) in [5, 5.41) is 4.70. The Morgan fingerprint density at radius 1 is 1.12 bits per heavy atom. The zero-order valence-electron chi connectivity index (χ0n) is 13.8. The number of alkyl halides is 2. The fourth-order valence-corrected chi connectivity index (χ4v) is 2.15. The van der Waals surface area contributed by atoms with Crippen molar-refractivity contribution in [1.82, 2.24) is 0 Å². The van der Waals surface area contributed by atoms with E-state index in [-0.39, 0.29) is 22.7 Å². The Kier molecular flexibility index (Phi) is 6.05. The third kappa shape index (κ3) is 4.65. The van der Waals surface area contributed by atoms with Crippen LogP contribution in [0.4, 0.5) is 24.5 Å². The molecule has 0 unspecified atom stereocenters. The SMILES string of the molecule is COc1cccc(C(=O)Nc2ccc(F)c(NC(C)=O)c2)c1OC(F)F. The molecule has 0 aliphatic heterocycles. The number of amides is 2. The highest BCUT2D eigenvalue weighted by atomic mass is 19.3. The molecule has 2 aromatic carbocycles. The second-order valence-corrected chi connectivity index (χ2v) is 5.05. The lowest BCUT2D eigenvalue weighted by Crippen LogP contribution is -2.16.